The molecule has 24 heavy (non-hydrogen) atoms. The lowest BCUT2D eigenvalue weighted by molar-refractivity contribution is -0.119. The second-order valence-corrected chi connectivity index (χ2v) is 5.63. The topological polar surface area (TPSA) is 40.6 Å². The second kappa shape index (κ2) is 5.83. The number of carbonyl (C=O) groups is 2. The van der Waals surface area contributed by atoms with E-state index in [-0.39, 0.29) is 16.3 Å². The Morgan fingerprint density at radius 2 is 1.62 bits per heavy atom. The minimum atomic E-state index is -1.64. The van der Waals surface area contributed by atoms with Crippen molar-refractivity contribution in [2.75, 3.05) is 11.9 Å². The zero-order valence-electron chi connectivity index (χ0n) is 12.3. The smallest absolute Gasteiger partial charge is 0.311 e. The number of benzene rings is 2. The van der Waals surface area contributed by atoms with Crippen LogP contribution < -0.4 is 4.90 Å². The highest BCUT2D eigenvalue weighted by atomic mass is 35.5. The van der Waals surface area contributed by atoms with Crippen LogP contribution >= 0.6 is 11.6 Å². The molecule has 2 aromatic carbocycles. The number of halogens is 4. The first-order chi connectivity index (χ1) is 11.3. The van der Waals surface area contributed by atoms with Crippen LogP contribution in [0, 0.1) is 17.5 Å². The number of carbonyl (C=O) groups excluding carboxylic acids is 2. The van der Waals surface area contributed by atoms with E-state index in [0.717, 1.165) is 9.80 Å². The van der Waals surface area contributed by atoms with Gasteiger partial charge in [-0.15, -0.1) is 0 Å². The summed E-state index contributed by atoms with van der Waals surface area (Å²) in [5.74, 6) is -5.24. The van der Waals surface area contributed by atoms with E-state index in [1.54, 1.807) is 12.1 Å². The van der Waals surface area contributed by atoms with E-state index < -0.39 is 35.4 Å². The van der Waals surface area contributed by atoms with Crippen LogP contribution in [0.25, 0.3) is 0 Å². The molecule has 0 spiro atoms. The molecule has 3 amide bonds. The number of rotatable bonds is 2. The van der Waals surface area contributed by atoms with Gasteiger partial charge in [-0.05, 0) is 29.8 Å². The summed E-state index contributed by atoms with van der Waals surface area (Å²) >= 11 is 6.01. The molecule has 1 heterocycles. The molecule has 1 aliphatic heterocycles. The van der Waals surface area contributed by atoms with Gasteiger partial charge in [-0.3, -0.25) is 4.79 Å². The fourth-order valence-corrected chi connectivity index (χ4v) is 2.82. The highest BCUT2D eigenvalue weighted by Crippen LogP contribution is 2.36. The van der Waals surface area contributed by atoms with Crippen LogP contribution in [-0.2, 0) is 4.79 Å². The van der Waals surface area contributed by atoms with Crippen molar-refractivity contribution in [2.24, 2.45) is 0 Å². The average molecular weight is 355 g/mol. The van der Waals surface area contributed by atoms with Crippen LogP contribution in [0.2, 0.25) is 5.02 Å². The molecule has 1 atom stereocenters. The zero-order valence-corrected chi connectivity index (χ0v) is 13.0. The molecule has 0 aromatic heterocycles. The Hall–Kier alpha value is -2.54. The molecule has 3 rings (SSSR count). The Kier molecular flexibility index (Phi) is 3.96. The van der Waals surface area contributed by atoms with Crippen LogP contribution in [0.4, 0.5) is 23.7 Å². The van der Waals surface area contributed by atoms with Crippen molar-refractivity contribution >= 4 is 29.2 Å². The molecule has 0 bridgehead atoms. The maximum Gasteiger partial charge on any atom is 0.332 e. The van der Waals surface area contributed by atoms with Gasteiger partial charge in [0.1, 0.15) is 6.04 Å². The average Bonchev–Trinajstić information content (AvgIpc) is 2.75. The molecule has 0 aliphatic carbocycles. The Morgan fingerprint density at radius 3 is 2.21 bits per heavy atom. The Labute approximate surface area is 140 Å². The summed E-state index contributed by atoms with van der Waals surface area (Å²) in [6.45, 7) is 0. The number of para-hydroxylation sites is 1. The van der Waals surface area contributed by atoms with E-state index in [4.69, 9.17) is 11.6 Å². The largest absolute Gasteiger partial charge is 0.332 e. The lowest BCUT2D eigenvalue weighted by atomic mass is 10.1. The number of hydrogen-bond acceptors (Lipinski definition) is 2. The third-order valence-corrected chi connectivity index (χ3v) is 4.07. The van der Waals surface area contributed by atoms with Crippen LogP contribution in [0.3, 0.4) is 0 Å². The van der Waals surface area contributed by atoms with Gasteiger partial charge in [0.25, 0.3) is 5.91 Å². The van der Waals surface area contributed by atoms with Gasteiger partial charge in [0, 0.05) is 7.05 Å². The van der Waals surface area contributed by atoms with E-state index >= 15 is 0 Å². The third-order valence-electron chi connectivity index (χ3n) is 3.75. The molecule has 8 heteroatoms. The molecule has 1 saturated heterocycles. The standard InChI is InChI=1S/C16H10ClF3N2O2/c1-21-14(8-6-10(18)13(20)11(19)7-8)15(23)22(16(21)24)12-5-3-2-4-9(12)17/h2-7,14H,1H3. The van der Waals surface area contributed by atoms with Gasteiger partial charge in [-0.1, -0.05) is 23.7 Å². The maximum absolute atomic E-state index is 13.5. The maximum atomic E-state index is 13.5. The summed E-state index contributed by atoms with van der Waals surface area (Å²) in [5.41, 5.74) is -0.00613. The molecule has 4 nitrogen and oxygen atoms in total. The summed E-state index contributed by atoms with van der Waals surface area (Å²) in [7, 11) is 1.31. The number of urea groups is 1. The van der Waals surface area contributed by atoms with Gasteiger partial charge in [0.2, 0.25) is 0 Å². The lowest BCUT2D eigenvalue weighted by Gasteiger charge is -2.16. The van der Waals surface area contributed by atoms with E-state index in [9.17, 15) is 22.8 Å². The summed E-state index contributed by atoms with van der Waals surface area (Å²) in [4.78, 5) is 26.9. The van der Waals surface area contributed by atoms with Crippen molar-refractivity contribution in [3.8, 4) is 0 Å². The van der Waals surface area contributed by atoms with Crippen molar-refractivity contribution in [1.82, 2.24) is 4.90 Å². The van der Waals surface area contributed by atoms with Gasteiger partial charge in [0.05, 0.1) is 10.7 Å². The quantitative estimate of drug-likeness (QED) is 0.606. The molecule has 0 saturated carbocycles. The van der Waals surface area contributed by atoms with Crippen LogP contribution in [0.1, 0.15) is 11.6 Å². The van der Waals surface area contributed by atoms with Crippen molar-refractivity contribution in [2.45, 2.75) is 6.04 Å². The number of hydrogen-bond donors (Lipinski definition) is 0. The number of amides is 3. The predicted octanol–water partition coefficient (Wildman–Crippen LogP) is 3.90. The van der Waals surface area contributed by atoms with Gasteiger partial charge < -0.3 is 4.90 Å². The summed E-state index contributed by atoms with van der Waals surface area (Å²) < 4.78 is 40.0. The van der Waals surface area contributed by atoms with Crippen molar-refractivity contribution in [3.05, 3.63) is 64.4 Å². The lowest BCUT2D eigenvalue weighted by Crippen LogP contribution is -2.31. The minimum absolute atomic E-state index is 0.159. The molecule has 2 aromatic rings. The Morgan fingerprint density at radius 1 is 1.04 bits per heavy atom. The van der Waals surface area contributed by atoms with E-state index in [2.05, 4.69) is 0 Å². The first-order valence-corrected chi connectivity index (χ1v) is 7.20. The highest BCUT2D eigenvalue weighted by Gasteiger charge is 2.45. The third kappa shape index (κ3) is 2.41. The fraction of sp³-hybridized carbons (Fsp3) is 0.125. The second-order valence-electron chi connectivity index (χ2n) is 5.22. The highest BCUT2D eigenvalue weighted by molar-refractivity contribution is 6.35. The van der Waals surface area contributed by atoms with E-state index in [1.807, 2.05) is 0 Å². The van der Waals surface area contributed by atoms with Gasteiger partial charge in [-0.25, -0.2) is 22.9 Å². The number of likely N-dealkylation sites (N-methyl/N-ethyl adjacent to an activating group) is 1. The fourth-order valence-electron chi connectivity index (χ4n) is 2.60. The molecule has 1 fully saturated rings. The van der Waals surface area contributed by atoms with Crippen molar-refractivity contribution < 1.29 is 22.8 Å². The van der Waals surface area contributed by atoms with Crippen LogP contribution in [0.5, 0.6) is 0 Å². The SMILES string of the molecule is CN1C(=O)N(c2ccccc2Cl)C(=O)C1c1cc(F)c(F)c(F)c1. The van der Waals surface area contributed by atoms with E-state index in [0.29, 0.717) is 12.1 Å². The van der Waals surface area contributed by atoms with Crippen LogP contribution in [0.15, 0.2) is 36.4 Å². The van der Waals surface area contributed by atoms with Gasteiger partial charge >= 0.3 is 6.03 Å². The molecular weight excluding hydrogens is 345 g/mol. The summed E-state index contributed by atoms with van der Waals surface area (Å²) in [6.07, 6.45) is 0. The molecule has 0 N–H and O–H groups in total. The van der Waals surface area contributed by atoms with Crippen molar-refractivity contribution in [1.29, 1.82) is 0 Å². The van der Waals surface area contributed by atoms with Gasteiger partial charge in [-0.2, -0.15) is 0 Å². The Balaban J connectivity index is 2.07. The normalized spacial score (nSPS) is 17.8. The summed E-state index contributed by atoms with van der Waals surface area (Å²) in [5, 5.41) is 0.171. The minimum Gasteiger partial charge on any atom is -0.311 e. The first-order valence-electron chi connectivity index (χ1n) is 6.82. The number of anilines is 1. The molecular formula is C16H10ClF3N2O2. The number of imide groups is 1. The van der Waals surface area contributed by atoms with E-state index in [1.165, 1.54) is 19.2 Å². The number of nitrogens with zero attached hydrogens (tertiary/aromatic N) is 2. The monoisotopic (exact) mass is 354 g/mol. The zero-order chi connectivity index (χ0) is 17.6. The molecule has 124 valence electrons. The summed E-state index contributed by atoms with van der Waals surface area (Å²) in [6, 6.07) is 5.60. The molecule has 0 radical (unpaired) electrons. The first kappa shape index (κ1) is 16.3. The Bertz CT molecular complexity index is 836. The van der Waals surface area contributed by atoms with Crippen LogP contribution in [-0.4, -0.2) is 23.9 Å². The predicted molar refractivity (Wildman–Crippen MR) is 81.2 cm³/mol. The van der Waals surface area contributed by atoms with Crippen molar-refractivity contribution in [3.63, 3.8) is 0 Å². The molecule has 1 aliphatic rings. The molecule has 1 unspecified atom stereocenters. The van der Waals surface area contributed by atoms with Gasteiger partial charge in [0.15, 0.2) is 17.5 Å².